The number of hydrogen-bond donors (Lipinski definition) is 2. The zero-order valence-electron chi connectivity index (χ0n) is 52.7. The number of nitrogens with one attached hydrogen (secondary N) is 1. The summed E-state index contributed by atoms with van der Waals surface area (Å²) < 4.78 is 30.7. The van der Waals surface area contributed by atoms with Crippen molar-refractivity contribution in [1.82, 2.24) is 5.32 Å². The standard InChI is InChI=1S/C68H131N2O7P/c1-7-10-13-16-19-22-25-27-29-31-32-33-34-35-36-37-38-39-41-43-46-49-52-55-58-61-68(72)77-66(59-56-53-50-47-44-24-21-18-15-12-9-3)65(64-76-78(73,74)75-63-62-70(4,5)6)69-67(71)60-57-54-51-48-45-42-40-30-28-26-23-20-17-14-11-8-2/h30,40,42,45,56,59,65-66H,7-29,31-39,41,43-44,46-55,57-58,60-64H2,1-6H3,(H-,69,71,73,74)/p+1/b40-30+,45-42+,59-56-. The van der Waals surface area contributed by atoms with Gasteiger partial charge in [-0.1, -0.05) is 302 Å². The fourth-order valence-electron chi connectivity index (χ4n) is 10.1. The molecule has 0 rings (SSSR count). The number of rotatable bonds is 62. The minimum atomic E-state index is -4.45. The molecule has 0 aromatic carbocycles. The van der Waals surface area contributed by atoms with Gasteiger partial charge >= 0.3 is 13.8 Å². The highest BCUT2D eigenvalue weighted by atomic mass is 31.2. The number of ether oxygens (including phenoxy) is 1. The molecule has 9 nitrogen and oxygen atoms in total. The molecule has 0 spiro atoms. The largest absolute Gasteiger partial charge is 0.472 e. The van der Waals surface area contributed by atoms with E-state index < -0.39 is 20.0 Å². The number of unbranched alkanes of at least 4 members (excludes halogenated alkanes) is 43. The van der Waals surface area contributed by atoms with Crippen LogP contribution in [0.15, 0.2) is 36.5 Å². The number of quaternary nitrogens is 1. The van der Waals surface area contributed by atoms with Gasteiger partial charge in [-0.05, 0) is 57.4 Å². The summed E-state index contributed by atoms with van der Waals surface area (Å²) in [4.78, 5) is 37.7. The van der Waals surface area contributed by atoms with Gasteiger partial charge in [0.25, 0.3) is 0 Å². The molecule has 0 fully saturated rings. The van der Waals surface area contributed by atoms with Crippen molar-refractivity contribution in [1.29, 1.82) is 0 Å². The van der Waals surface area contributed by atoms with Crippen LogP contribution in [0.5, 0.6) is 0 Å². The lowest BCUT2D eigenvalue weighted by molar-refractivity contribution is -0.870. The Bertz CT molecular complexity index is 1430. The Labute approximate surface area is 485 Å². The number of hydrogen-bond acceptors (Lipinski definition) is 6. The molecule has 0 aromatic heterocycles. The number of amides is 1. The molecule has 0 bridgehead atoms. The predicted molar refractivity (Wildman–Crippen MR) is 337 cm³/mol. The van der Waals surface area contributed by atoms with Gasteiger partial charge in [-0.25, -0.2) is 4.57 Å². The van der Waals surface area contributed by atoms with Crippen LogP contribution in [0.3, 0.4) is 0 Å². The second-order valence-corrected chi connectivity index (χ2v) is 25.8. The number of esters is 1. The van der Waals surface area contributed by atoms with Gasteiger partial charge < -0.3 is 19.4 Å². The molecule has 460 valence electrons. The smallest absolute Gasteiger partial charge is 0.456 e. The first-order valence-electron chi connectivity index (χ1n) is 33.8. The molecule has 10 heteroatoms. The molecule has 0 aliphatic heterocycles. The third-order valence-electron chi connectivity index (χ3n) is 15.4. The normalized spacial score (nSPS) is 13.8. The highest BCUT2D eigenvalue weighted by Crippen LogP contribution is 2.43. The summed E-state index contributed by atoms with van der Waals surface area (Å²) >= 11 is 0. The molecule has 0 heterocycles. The molecule has 2 N–H and O–H groups in total. The van der Waals surface area contributed by atoms with Crippen molar-refractivity contribution in [3.63, 3.8) is 0 Å². The average molecular weight is 1120 g/mol. The predicted octanol–water partition coefficient (Wildman–Crippen LogP) is 21.1. The summed E-state index contributed by atoms with van der Waals surface area (Å²) in [5.74, 6) is -0.520. The lowest BCUT2D eigenvalue weighted by Crippen LogP contribution is -2.47. The van der Waals surface area contributed by atoms with E-state index in [2.05, 4.69) is 50.4 Å². The van der Waals surface area contributed by atoms with Crippen molar-refractivity contribution in [2.24, 2.45) is 0 Å². The summed E-state index contributed by atoms with van der Waals surface area (Å²) in [5.41, 5.74) is 0. The van der Waals surface area contributed by atoms with Gasteiger partial charge in [0.2, 0.25) is 5.91 Å². The number of carbonyl (C=O) groups excluding carboxylic acids is 2. The third kappa shape index (κ3) is 58.9. The van der Waals surface area contributed by atoms with Crippen LogP contribution in [0.4, 0.5) is 0 Å². The van der Waals surface area contributed by atoms with Crippen LogP contribution in [-0.4, -0.2) is 74.3 Å². The lowest BCUT2D eigenvalue weighted by Gasteiger charge is -2.27. The van der Waals surface area contributed by atoms with Crippen LogP contribution >= 0.6 is 7.82 Å². The Kier molecular flexibility index (Phi) is 57.1. The second kappa shape index (κ2) is 58.4. The monoisotopic (exact) mass is 1120 g/mol. The first-order valence-corrected chi connectivity index (χ1v) is 35.3. The molecule has 0 aliphatic rings. The van der Waals surface area contributed by atoms with Crippen LogP contribution < -0.4 is 5.32 Å². The Hall–Kier alpha value is -1.77. The van der Waals surface area contributed by atoms with Crippen LogP contribution in [-0.2, 0) is 27.9 Å². The van der Waals surface area contributed by atoms with E-state index in [0.717, 1.165) is 64.2 Å². The van der Waals surface area contributed by atoms with E-state index in [9.17, 15) is 19.0 Å². The van der Waals surface area contributed by atoms with Crippen molar-refractivity contribution in [3.8, 4) is 0 Å². The van der Waals surface area contributed by atoms with Gasteiger partial charge in [-0.15, -0.1) is 0 Å². The first kappa shape index (κ1) is 76.2. The van der Waals surface area contributed by atoms with Crippen LogP contribution in [0.2, 0.25) is 0 Å². The van der Waals surface area contributed by atoms with E-state index in [4.69, 9.17) is 13.8 Å². The Balaban J connectivity index is 5.04. The number of nitrogens with zero attached hydrogens (tertiary/aromatic N) is 1. The fraction of sp³-hybridized carbons (Fsp3) is 0.882. The molecular formula is C68H132N2O7P+. The van der Waals surface area contributed by atoms with Crippen LogP contribution in [0.1, 0.15) is 335 Å². The molecule has 1 amide bonds. The summed E-state index contributed by atoms with van der Waals surface area (Å²) in [6.45, 7) is 7.03. The number of carbonyl (C=O) groups is 2. The van der Waals surface area contributed by atoms with Crippen molar-refractivity contribution < 1.29 is 37.3 Å². The van der Waals surface area contributed by atoms with Gasteiger partial charge in [0.1, 0.15) is 19.3 Å². The first-order chi connectivity index (χ1) is 37.9. The van der Waals surface area contributed by atoms with Crippen molar-refractivity contribution in [2.45, 2.75) is 348 Å². The Morgan fingerprint density at radius 3 is 1.14 bits per heavy atom. The maximum atomic E-state index is 13.5. The SMILES string of the molecule is CCCCCCCCC/C=C/C=C/CCCCCC(=O)NC(COP(=O)(O)OCC[N+](C)(C)C)C(/C=C\CCCCCCCCCCC)OC(=O)CCCCCCCCCCCCCCCCCCCCCCCCCCC. The summed E-state index contributed by atoms with van der Waals surface area (Å²) in [7, 11) is 1.49. The molecule has 3 atom stereocenters. The van der Waals surface area contributed by atoms with Gasteiger partial charge in [0, 0.05) is 12.8 Å². The van der Waals surface area contributed by atoms with Crippen molar-refractivity contribution >= 4 is 19.7 Å². The maximum Gasteiger partial charge on any atom is 0.472 e. The summed E-state index contributed by atoms with van der Waals surface area (Å²) in [6.07, 6.45) is 71.7. The molecule has 78 heavy (non-hydrogen) atoms. The Morgan fingerprint density at radius 2 is 0.769 bits per heavy atom. The van der Waals surface area contributed by atoms with Gasteiger partial charge in [-0.2, -0.15) is 0 Å². The molecule has 0 radical (unpaired) electrons. The highest BCUT2D eigenvalue weighted by Gasteiger charge is 2.30. The van der Waals surface area contributed by atoms with Crippen molar-refractivity contribution in [3.05, 3.63) is 36.5 Å². The molecule has 3 unspecified atom stereocenters. The fourth-order valence-corrected chi connectivity index (χ4v) is 10.8. The Morgan fingerprint density at radius 1 is 0.449 bits per heavy atom. The van der Waals surface area contributed by atoms with Crippen LogP contribution in [0.25, 0.3) is 0 Å². The van der Waals surface area contributed by atoms with E-state index in [1.807, 2.05) is 33.3 Å². The molecule has 0 saturated heterocycles. The summed E-state index contributed by atoms with van der Waals surface area (Å²) in [5, 5.41) is 3.05. The van der Waals surface area contributed by atoms with Gasteiger partial charge in [0.15, 0.2) is 0 Å². The zero-order valence-corrected chi connectivity index (χ0v) is 53.6. The molecule has 0 saturated carbocycles. The molecule has 0 aliphatic carbocycles. The average Bonchev–Trinajstić information content (AvgIpc) is 3.40. The minimum Gasteiger partial charge on any atom is -0.456 e. The quantitative estimate of drug-likeness (QED) is 0.0156. The third-order valence-corrected chi connectivity index (χ3v) is 16.3. The second-order valence-electron chi connectivity index (χ2n) is 24.4. The number of allylic oxidation sites excluding steroid dienone is 5. The minimum absolute atomic E-state index is 0.0374. The van der Waals surface area contributed by atoms with E-state index in [-0.39, 0.29) is 25.1 Å². The van der Waals surface area contributed by atoms with Gasteiger partial charge in [-0.3, -0.25) is 18.6 Å². The molecule has 0 aromatic rings. The summed E-state index contributed by atoms with van der Waals surface area (Å²) in [6, 6.07) is -0.858. The number of likely N-dealkylation sites (N-methyl/N-ethyl adjacent to an activating group) is 1. The van der Waals surface area contributed by atoms with Crippen LogP contribution in [0, 0.1) is 0 Å². The van der Waals surface area contributed by atoms with Crippen molar-refractivity contribution in [2.75, 3.05) is 40.9 Å². The van der Waals surface area contributed by atoms with E-state index in [0.29, 0.717) is 30.3 Å². The van der Waals surface area contributed by atoms with E-state index >= 15 is 0 Å². The number of phosphoric ester groups is 1. The van der Waals surface area contributed by atoms with Gasteiger partial charge in [0.05, 0.1) is 33.8 Å². The molecular weight excluding hydrogens is 988 g/mol. The number of phosphoric acid groups is 1. The maximum absolute atomic E-state index is 13.5. The topological polar surface area (TPSA) is 111 Å². The highest BCUT2D eigenvalue weighted by molar-refractivity contribution is 7.47. The zero-order chi connectivity index (χ0) is 57.2. The van der Waals surface area contributed by atoms with E-state index in [1.165, 1.54) is 231 Å². The lowest BCUT2D eigenvalue weighted by atomic mass is 10.0. The van der Waals surface area contributed by atoms with E-state index in [1.54, 1.807) is 0 Å².